The van der Waals surface area contributed by atoms with E-state index in [2.05, 4.69) is 0 Å². The zero-order valence-electron chi connectivity index (χ0n) is 13.7. The molecule has 3 atom stereocenters. The first-order valence-electron chi connectivity index (χ1n) is 8.01. The molecule has 0 radical (unpaired) electrons. The molecule has 0 aliphatic heterocycles. The summed E-state index contributed by atoms with van der Waals surface area (Å²) in [6, 6.07) is 0. The van der Waals surface area contributed by atoms with Crippen LogP contribution in [0.5, 0.6) is 0 Å². The van der Waals surface area contributed by atoms with E-state index in [1.54, 1.807) is 6.92 Å². The van der Waals surface area contributed by atoms with Gasteiger partial charge in [0.25, 0.3) is 0 Å². The number of aliphatic carboxylic acids is 1. The lowest BCUT2D eigenvalue weighted by Crippen LogP contribution is -2.55. The molecular formula is C18H22O5. The largest absolute Gasteiger partial charge is 0.481 e. The third-order valence-corrected chi connectivity index (χ3v) is 5.89. The minimum Gasteiger partial charge on any atom is -0.481 e. The van der Waals surface area contributed by atoms with Crippen LogP contribution < -0.4 is 0 Å². The highest BCUT2D eigenvalue weighted by Crippen LogP contribution is 2.60. The summed E-state index contributed by atoms with van der Waals surface area (Å²) in [5.41, 5.74) is -0.501. The molecule has 1 aromatic heterocycles. The van der Waals surface area contributed by atoms with Crippen LogP contribution in [0.3, 0.4) is 0 Å². The molecule has 1 aromatic rings. The van der Waals surface area contributed by atoms with Gasteiger partial charge in [-0.2, -0.15) is 0 Å². The van der Waals surface area contributed by atoms with E-state index in [0.717, 1.165) is 12.8 Å². The van der Waals surface area contributed by atoms with Crippen molar-refractivity contribution in [2.45, 2.75) is 52.1 Å². The van der Waals surface area contributed by atoms with Gasteiger partial charge in [-0.1, -0.05) is 19.9 Å². The fraction of sp³-hybridized carbons (Fsp3) is 0.556. The van der Waals surface area contributed by atoms with E-state index in [0.29, 0.717) is 16.7 Å². The lowest BCUT2D eigenvalue weighted by molar-refractivity contribution is -0.143. The molecule has 5 nitrogen and oxygen atoms in total. The highest BCUT2D eigenvalue weighted by Gasteiger charge is 2.61. The number of furan rings is 1. The van der Waals surface area contributed by atoms with Crippen LogP contribution in [0.4, 0.5) is 0 Å². The van der Waals surface area contributed by atoms with Gasteiger partial charge in [0.2, 0.25) is 5.78 Å². The van der Waals surface area contributed by atoms with Crippen LogP contribution in [0.1, 0.15) is 61.2 Å². The van der Waals surface area contributed by atoms with Gasteiger partial charge in [-0.15, -0.1) is 0 Å². The van der Waals surface area contributed by atoms with Gasteiger partial charge in [0.1, 0.15) is 5.60 Å². The van der Waals surface area contributed by atoms with Crippen molar-refractivity contribution in [1.29, 1.82) is 0 Å². The maximum Gasteiger partial charge on any atom is 0.303 e. The molecule has 0 amide bonds. The molecule has 3 rings (SSSR count). The number of allylic oxidation sites excluding steroid dienone is 1. The fourth-order valence-corrected chi connectivity index (χ4v) is 4.38. The van der Waals surface area contributed by atoms with Crippen LogP contribution in [0.2, 0.25) is 0 Å². The summed E-state index contributed by atoms with van der Waals surface area (Å²) < 4.78 is 5.43. The average Bonchev–Trinajstić information content (AvgIpc) is 2.88. The quantitative estimate of drug-likeness (QED) is 0.893. The molecule has 1 heterocycles. The molecule has 23 heavy (non-hydrogen) atoms. The van der Waals surface area contributed by atoms with E-state index in [1.165, 1.54) is 6.26 Å². The summed E-state index contributed by atoms with van der Waals surface area (Å²) in [5, 5.41) is 20.8. The third-order valence-electron chi connectivity index (χ3n) is 5.89. The minimum absolute atomic E-state index is 0.0567. The molecule has 0 fully saturated rings. The summed E-state index contributed by atoms with van der Waals surface area (Å²) in [4.78, 5) is 24.0. The number of Topliss-reactive ketones (excluding diaryl/α,β-unsaturated/α-hetero) is 1. The number of aliphatic hydroxyl groups is 1. The van der Waals surface area contributed by atoms with Gasteiger partial charge in [-0.3, -0.25) is 9.59 Å². The van der Waals surface area contributed by atoms with Crippen LogP contribution in [-0.2, 0) is 10.4 Å². The lowest BCUT2D eigenvalue weighted by Gasteiger charge is -2.54. The highest BCUT2D eigenvalue weighted by molar-refractivity contribution is 6.11. The van der Waals surface area contributed by atoms with Crippen molar-refractivity contribution in [3.05, 3.63) is 34.8 Å². The van der Waals surface area contributed by atoms with Crippen LogP contribution in [0, 0.1) is 18.3 Å². The van der Waals surface area contributed by atoms with Crippen molar-refractivity contribution in [3.8, 4) is 0 Å². The Bertz CT molecular complexity index is 713. The van der Waals surface area contributed by atoms with Crippen LogP contribution in [0.25, 0.3) is 0 Å². The first-order valence-corrected chi connectivity index (χ1v) is 8.01. The average molecular weight is 318 g/mol. The normalized spacial score (nSPS) is 33.0. The Balaban J connectivity index is 2.27. The molecule has 2 aliphatic carbocycles. The van der Waals surface area contributed by atoms with Gasteiger partial charge in [0.05, 0.1) is 6.26 Å². The number of carboxylic acids is 1. The molecule has 0 aromatic carbocycles. The van der Waals surface area contributed by atoms with Crippen molar-refractivity contribution in [3.63, 3.8) is 0 Å². The maximum atomic E-state index is 12.9. The molecule has 2 aliphatic rings. The van der Waals surface area contributed by atoms with Crippen molar-refractivity contribution >= 4 is 11.8 Å². The molecule has 0 unspecified atom stereocenters. The van der Waals surface area contributed by atoms with Crippen LogP contribution in [0.15, 0.2) is 22.3 Å². The number of hydrogen-bond donors (Lipinski definition) is 2. The van der Waals surface area contributed by atoms with Crippen molar-refractivity contribution in [2.24, 2.45) is 11.3 Å². The van der Waals surface area contributed by atoms with E-state index in [1.807, 2.05) is 19.9 Å². The lowest BCUT2D eigenvalue weighted by atomic mass is 9.51. The Morgan fingerprint density at radius 2 is 2.17 bits per heavy atom. The fourth-order valence-electron chi connectivity index (χ4n) is 4.38. The SMILES string of the molecule is Cc1coc2c1[C@](O)(CCC(=O)O)[C@@]1(C)C(=CCC[C@@H]1C)C2=O. The molecule has 0 saturated heterocycles. The van der Waals surface area contributed by atoms with Gasteiger partial charge >= 0.3 is 5.97 Å². The maximum absolute atomic E-state index is 12.9. The Hall–Kier alpha value is -1.88. The van der Waals surface area contributed by atoms with Gasteiger partial charge in [0, 0.05) is 23.0 Å². The second kappa shape index (κ2) is 5.06. The Morgan fingerprint density at radius 3 is 2.83 bits per heavy atom. The van der Waals surface area contributed by atoms with Gasteiger partial charge < -0.3 is 14.6 Å². The minimum atomic E-state index is -1.42. The first kappa shape index (κ1) is 16.0. The molecule has 0 bridgehead atoms. The molecule has 2 N–H and O–H groups in total. The molecule has 0 saturated carbocycles. The third kappa shape index (κ3) is 1.96. The Kier molecular flexibility index (Phi) is 3.52. The number of carbonyl (C=O) groups excluding carboxylic acids is 1. The van der Waals surface area contributed by atoms with Crippen molar-refractivity contribution in [2.75, 3.05) is 0 Å². The molecule has 124 valence electrons. The van der Waals surface area contributed by atoms with E-state index < -0.39 is 17.0 Å². The highest BCUT2D eigenvalue weighted by atomic mass is 16.4. The number of aryl methyl sites for hydroxylation is 1. The predicted octanol–water partition coefficient (Wildman–Crippen LogP) is 3.20. The standard InChI is InChI=1S/C18H22O5/c1-10-9-23-16-14(10)18(22,8-7-13(19)20)17(3)11(2)5-4-6-12(17)15(16)21/h6,9,11,22H,4-5,7-8H2,1-3H3,(H,19,20)/t11-,17+,18+/m0/s1. The van der Waals surface area contributed by atoms with Gasteiger partial charge in [-0.05, 0) is 37.7 Å². The predicted molar refractivity (Wildman–Crippen MR) is 83.1 cm³/mol. The van der Waals surface area contributed by atoms with Gasteiger partial charge in [-0.25, -0.2) is 0 Å². The number of carbonyl (C=O) groups is 2. The first-order chi connectivity index (χ1) is 10.7. The number of rotatable bonds is 3. The monoisotopic (exact) mass is 318 g/mol. The topological polar surface area (TPSA) is 87.7 Å². The number of fused-ring (bicyclic) bond motifs is 2. The summed E-state index contributed by atoms with van der Waals surface area (Å²) in [5.74, 6) is -0.918. The second-order valence-corrected chi connectivity index (χ2v) is 7.00. The van der Waals surface area contributed by atoms with Gasteiger partial charge in [0.15, 0.2) is 5.76 Å². The molecule has 5 heteroatoms. The van der Waals surface area contributed by atoms with E-state index in [4.69, 9.17) is 9.52 Å². The van der Waals surface area contributed by atoms with Crippen LogP contribution >= 0.6 is 0 Å². The van der Waals surface area contributed by atoms with Crippen molar-refractivity contribution < 1.29 is 24.2 Å². The zero-order chi connectivity index (χ0) is 17.0. The summed E-state index contributed by atoms with van der Waals surface area (Å²) >= 11 is 0. The second-order valence-electron chi connectivity index (χ2n) is 7.00. The van der Waals surface area contributed by atoms with E-state index >= 15 is 0 Å². The Labute approximate surface area is 135 Å². The van der Waals surface area contributed by atoms with E-state index in [-0.39, 0.29) is 30.3 Å². The van der Waals surface area contributed by atoms with Crippen molar-refractivity contribution in [1.82, 2.24) is 0 Å². The Morgan fingerprint density at radius 1 is 1.48 bits per heavy atom. The molecular weight excluding hydrogens is 296 g/mol. The summed E-state index contributed by atoms with van der Waals surface area (Å²) in [6.45, 7) is 5.69. The summed E-state index contributed by atoms with van der Waals surface area (Å²) in [7, 11) is 0. The van der Waals surface area contributed by atoms with Crippen LogP contribution in [-0.4, -0.2) is 22.0 Å². The number of ketones is 1. The number of carboxylic acid groups (broad SMARTS) is 1. The summed E-state index contributed by atoms with van der Waals surface area (Å²) in [6.07, 6.45) is 4.89. The van der Waals surface area contributed by atoms with E-state index in [9.17, 15) is 14.7 Å². The zero-order valence-corrected chi connectivity index (χ0v) is 13.7. The molecule has 0 spiro atoms. The smallest absolute Gasteiger partial charge is 0.303 e. The number of hydrogen-bond acceptors (Lipinski definition) is 4.